The van der Waals surface area contributed by atoms with E-state index in [-0.39, 0.29) is 5.91 Å². The molecule has 3 nitrogen and oxygen atoms in total. The van der Waals surface area contributed by atoms with E-state index in [4.69, 9.17) is 0 Å². The van der Waals surface area contributed by atoms with Crippen molar-refractivity contribution in [3.63, 3.8) is 0 Å². The lowest BCUT2D eigenvalue weighted by molar-refractivity contribution is 0.0786. The molecule has 0 aromatic heterocycles. The van der Waals surface area contributed by atoms with Gasteiger partial charge in [0.1, 0.15) is 0 Å². The molecule has 0 saturated carbocycles. The Bertz CT molecular complexity index is 427. The highest BCUT2D eigenvalue weighted by atomic mass is 16.2. The van der Waals surface area contributed by atoms with E-state index in [1.54, 1.807) is 0 Å². The fraction of sp³-hybridized carbons (Fsp3) is 0.588. The third-order valence-electron chi connectivity index (χ3n) is 3.98. The molecular formula is C17H26N2O. The Kier molecular flexibility index (Phi) is 5.45. The first kappa shape index (κ1) is 14.9. The third-order valence-corrected chi connectivity index (χ3v) is 3.98. The Morgan fingerprint density at radius 3 is 2.65 bits per heavy atom. The fourth-order valence-electron chi connectivity index (χ4n) is 2.84. The number of hydrogen-bond acceptors (Lipinski definition) is 2. The Morgan fingerprint density at radius 1 is 1.25 bits per heavy atom. The van der Waals surface area contributed by atoms with Crippen LogP contribution in [0.2, 0.25) is 0 Å². The van der Waals surface area contributed by atoms with Crippen molar-refractivity contribution in [2.24, 2.45) is 5.92 Å². The summed E-state index contributed by atoms with van der Waals surface area (Å²) in [7, 11) is 0. The summed E-state index contributed by atoms with van der Waals surface area (Å²) >= 11 is 0. The maximum atomic E-state index is 12.4. The summed E-state index contributed by atoms with van der Waals surface area (Å²) in [5, 5.41) is 3.33. The minimum Gasteiger partial charge on any atom is -0.385 e. The lowest BCUT2D eigenvalue weighted by Crippen LogP contribution is -2.28. The van der Waals surface area contributed by atoms with Crippen molar-refractivity contribution in [3.05, 3.63) is 29.8 Å². The highest BCUT2D eigenvalue weighted by molar-refractivity contribution is 5.94. The number of nitrogens with zero attached hydrogens (tertiary/aromatic N) is 1. The van der Waals surface area contributed by atoms with E-state index in [0.29, 0.717) is 5.92 Å². The van der Waals surface area contributed by atoms with Gasteiger partial charge in [-0.05, 0) is 49.4 Å². The second-order valence-corrected chi connectivity index (χ2v) is 5.70. The number of likely N-dealkylation sites (tertiary alicyclic amines) is 1. The van der Waals surface area contributed by atoms with Crippen LogP contribution in [0.25, 0.3) is 0 Å². The van der Waals surface area contributed by atoms with Crippen LogP contribution in [0.4, 0.5) is 5.69 Å². The van der Waals surface area contributed by atoms with E-state index >= 15 is 0 Å². The lowest BCUT2D eigenvalue weighted by Gasteiger charge is -2.17. The van der Waals surface area contributed by atoms with Gasteiger partial charge in [0.25, 0.3) is 5.91 Å². The van der Waals surface area contributed by atoms with E-state index in [1.807, 2.05) is 29.2 Å². The van der Waals surface area contributed by atoms with Gasteiger partial charge < -0.3 is 10.2 Å². The molecule has 1 amide bonds. The second kappa shape index (κ2) is 7.32. The van der Waals surface area contributed by atoms with Crippen LogP contribution in [0, 0.1) is 5.92 Å². The van der Waals surface area contributed by atoms with Gasteiger partial charge in [-0.15, -0.1) is 0 Å². The normalized spacial score (nSPS) is 18.3. The largest absolute Gasteiger partial charge is 0.385 e. The molecule has 110 valence electrons. The molecule has 1 aliphatic rings. The molecule has 0 aliphatic carbocycles. The number of carbonyl (C=O) groups excluding carboxylic acids is 1. The Balaban J connectivity index is 1.92. The van der Waals surface area contributed by atoms with Gasteiger partial charge in [0.05, 0.1) is 0 Å². The molecule has 1 aromatic rings. The minimum atomic E-state index is 0.186. The maximum absolute atomic E-state index is 12.4. The van der Waals surface area contributed by atoms with Crippen LogP contribution >= 0.6 is 0 Å². The van der Waals surface area contributed by atoms with Gasteiger partial charge in [0, 0.05) is 30.9 Å². The van der Waals surface area contributed by atoms with Crippen LogP contribution in [0.1, 0.15) is 49.9 Å². The summed E-state index contributed by atoms with van der Waals surface area (Å²) < 4.78 is 0. The van der Waals surface area contributed by atoms with Crippen LogP contribution in [0.3, 0.4) is 0 Å². The topological polar surface area (TPSA) is 32.3 Å². The second-order valence-electron chi connectivity index (χ2n) is 5.70. The average Bonchev–Trinajstić information content (AvgIpc) is 2.94. The number of hydrogen-bond donors (Lipinski definition) is 1. The van der Waals surface area contributed by atoms with Crippen LogP contribution < -0.4 is 5.32 Å². The van der Waals surface area contributed by atoms with Crippen molar-refractivity contribution in [1.82, 2.24) is 4.90 Å². The Labute approximate surface area is 122 Å². The number of rotatable bonds is 6. The zero-order valence-corrected chi connectivity index (χ0v) is 12.7. The first-order valence-corrected chi connectivity index (χ1v) is 7.87. The van der Waals surface area contributed by atoms with Gasteiger partial charge in [0.2, 0.25) is 0 Å². The van der Waals surface area contributed by atoms with Crippen LogP contribution in [-0.4, -0.2) is 30.4 Å². The molecule has 0 bridgehead atoms. The summed E-state index contributed by atoms with van der Waals surface area (Å²) in [6, 6.07) is 7.88. The molecule has 1 saturated heterocycles. The zero-order chi connectivity index (χ0) is 14.4. The Hall–Kier alpha value is -1.51. The van der Waals surface area contributed by atoms with E-state index in [0.717, 1.165) is 43.7 Å². The minimum absolute atomic E-state index is 0.186. The number of benzene rings is 1. The molecule has 1 unspecified atom stereocenters. The zero-order valence-electron chi connectivity index (χ0n) is 12.7. The maximum Gasteiger partial charge on any atom is 0.253 e. The van der Waals surface area contributed by atoms with Crippen molar-refractivity contribution >= 4 is 11.6 Å². The van der Waals surface area contributed by atoms with Gasteiger partial charge >= 0.3 is 0 Å². The quantitative estimate of drug-likeness (QED) is 0.856. The first-order valence-electron chi connectivity index (χ1n) is 7.87. The van der Waals surface area contributed by atoms with Crippen LogP contribution in [0.5, 0.6) is 0 Å². The molecule has 3 heteroatoms. The molecule has 1 N–H and O–H groups in total. The predicted octanol–water partition coefficient (Wildman–Crippen LogP) is 3.77. The van der Waals surface area contributed by atoms with E-state index in [1.165, 1.54) is 12.8 Å². The van der Waals surface area contributed by atoms with Crippen molar-refractivity contribution < 1.29 is 4.79 Å². The van der Waals surface area contributed by atoms with Crippen molar-refractivity contribution in [2.75, 3.05) is 25.0 Å². The molecule has 0 radical (unpaired) electrons. The average molecular weight is 274 g/mol. The van der Waals surface area contributed by atoms with Crippen LogP contribution in [0.15, 0.2) is 24.3 Å². The standard InChI is InChI=1S/C17H26N2O/c1-3-5-14-10-12-19(13-14)17(20)15-6-8-16(9-7-15)18-11-4-2/h6-9,14,18H,3-5,10-13H2,1-2H3. The highest BCUT2D eigenvalue weighted by Gasteiger charge is 2.26. The molecule has 2 rings (SSSR count). The monoisotopic (exact) mass is 274 g/mol. The van der Waals surface area contributed by atoms with Crippen LogP contribution in [-0.2, 0) is 0 Å². The third kappa shape index (κ3) is 3.75. The highest BCUT2D eigenvalue weighted by Crippen LogP contribution is 2.23. The SMILES string of the molecule is CCCNc1ccc(C(=O)N2CCC(CCC)C2)cc1. The molecule has 20 heavy (non-hydrogen) atoms. The molecule has 1 fully saturated rings. The number of carbonyl (C=O) groups is 1. The van der Waals surface area contributed by atoms with Gasteiger partial charge in [-0.25, -0.2) is 0 Å². The summed E-state index contributed by atoms with van der Waals surface area (Å²) in [4.78, 5) is 14.4. The van der Waals surface area contributed by atoms with Gasteiger partial charge in [-0.2, -0.15) is 0 Å². The first-order chi connectivity index (χ1) is 9.74. The Morgan fingerprint density at radius 2 is 2.00 bits per heavy atom. The number of amides is 1. The smallest absolute Gasteiger partial charge is 0.253 e. The molecule has 1 heterocycles. The fourth-order valence-corrected chi connectivity index (χ4v) is 2.84. The van der Waals surface area contributed by atoms with Crippen molar-refractivity contribution in [1.29, 1.82) is 0 Å². The molecule has 1 aromatic carbocycles. The lowest BCUT2D eigenvalue weighted by atomic mass is 10.0. The summed E-state index contributed by atoms with van der Waals surface area (Å²) in [5.41, 5.74) is 1.90. The van der Waals surface area contributed by atoms with Gasteiger partial charge in [0.15, 0.2) is 0 Å². The van der Waals surface area contributed by atoms with E-state index in [9.17, 15) is 4.79 Å². The van der Waals surface area contributed by atoms with Crippen molar-refractivity contribution in [2.45, 2.75) is 39.5 Å². The predicted molar refractivity (Wildman–Crippen MR) is 84.1 cm³/mol. The van der Waals surface area contributed by atoms with Crippen molar-refractivity contribution in [3.8, 4) is 0 Å². The molecule has 1 aliphatic heterocycles. The molecular weight excluding hydrogens is 248 g/mol. The van der Waals surface area contributed by atoms with Gasteiger partial charge in [-0.3, -0.25) is 4.79 Å². The van der Waals surface area contributed by atoms with Gasteiger partial charge in [-0.1, -0.05) is 20.3 Å². The van der Waals surface area contributed by atoms with E-state index in [2.05, 4.69) is 19.2 Å². The summed E-state index contributed by atoms with van der Waals surface area (Å²) in [6.07, 6.45) is 4.72. The summed E-state index contributed by atoms with van der Waals surface area (Å²) in [5.74, 6) is 0.889. The molecule has 0 spiro atoms. The summed E-state index contributed by atoms with van der Waals surface area (Å²) in [6.45, 7) is 7.18. The number of anilines is 1. The van der Waals surface area contributed by atoms with E-state index < -0.39 is 0 Å². The number of nitrogens with one attached hydrogen (secondary N) is 1. The molecule has 1 atom stereocenters.